The van der Waals surface area contributed by atoms with E-state index in [4.69, 9.17) is 0 Å². The van der Waals surface area contributed by atoms with Crippen molar-refractivity contribution in [3.05, 3.63) is 36.1 Å². The lowest BCUT2D eigenvalue weighted by atomic mass is 9.84. The highest BCUT2D eigenvalue weighted by Crippen LogP contribution is 2.30. The number of rotatable bonds is 2. The second kappa shape index (κ2) is 2.57. The van der Waals surface area contributed by atoms with Crippen molar-refractivity contribution in [3.63, 3.8) is 0 Å². The van der Waals surface area contributed by atoms with Gasteiger partial charge in [-0.2, -0.15) is 0 Å². The summed E-state index contributed by atoms with van der Waals surface area (Å²) in [7, 11) is 0. The molecule has 1 rings (SSSR count). The molecular formula is C10H15N. The standard InChI is InChI=1S/C10H15N/c1-5-7-9-8(6-2)10(3,4)11-9/h5-7,11H,2H2,1,3-4H3/b7-5-. The largest absolute Gasteiger partial charge is 0.376 e. The molecule has 1 N–H and O–H groups in total. The summed E-state index contributed by atoms with van der Waals surface area (Å²) in [5, 5.41) is 3.34. The van der Waals surface area contributed by atoms with Gasteiger partial charge in [0.15, 0.2) is 0 Å². The Morgan fingerprint density at radius 1 is 1.45 bits per heavy atom. The van der Waals surface area contributed by atoms with Crippen molar-refractivity contribution < 1.29 is 0 Å². The Morgan fingerprint density at radius 2 is 2.09 bits per heavy atom. The van der Waals surface area contributed by atoms with Crippen LogP contribution in [0.1, 0.15) is 20.8 Å². The fourth-order valence-corrected chi connectivity index (χ4v) is 1.41. The summed E-state index contributed by atoms with van der Waals surface area (Å²) >= 11 is 0. The maximum Gasteiger partial charge on any atom is 0.0589 e. The first kappa shape index (κ1) is 8.12. The highest BCUT2D eigenvalue weighted by atomic mass is 15.0. The van der Waals surface area contributed by atoms with Gasteiger partial charge in [-0.05, 0) is 32.4 Å². The van der Waals surface area contributed by atoms with Gasteiger partial charge in [-0.1, -0.05) is 18.7 Å². The Hall–Kier alpha value is -0.980. The maximum atomic E-state index is 3.78. The van der Waals surface area contributed by atoms with Crippen LogP contribution in [-0.4, -0.2) is 5.54 Å². The van der Waals surface area contributed by atoms with Crippen molar-refractivity contribution in [3.8, 4) is 0 Å². The molecule has 1 nitrogen and oxygen atoms in total. The molecule has 0 aromatic heterocycles. The Morgan fingerprint density at radius 3 is 2.45 bits per heavy atom. The molecule has 1 heterocycles. The van der Waals surface area contributed by atoms with Crippen LogP contribution in [0, 0.1) is 0 Å². The van der Waals surface area contributed by atoms with Gasteiger partial charge in [-0.15, -0.1) is 0 Å². The first-order chi connectivity index (χ1) is 5.11. The molecule has 0 atom stereocenters. The van der Waals surface area contributed by atoms with Gasteiger partial charge in [0.05, 0.1) is 5.54 Å². The van der Waals surface area contributed by atoms with E-state index in [1.807, 2.05) is 19.1 Å². The van der Waals surface area contributed by atoms with Gasteiger partial charge in [-0.3, -0.25) is 0 Å². The van der Waals surface area contributed by atoms with E-state index < -0.39 is 0 Å². The fraction of sp³-hybridized carbons (Fsp3) is 0.400. The summed E-state index contributed by atoms with van der Waals surface area (Å²) in [5.41, 5.74) is 2.62. The lowest BCUT2D eigenvalue weighted by Crippen LogP contribution is -2.49. The highest BCUT2D eigenvalue weighted by Gasteiger charge is 2.32. The van der Waals surface area contributed by atoms with Crippen LogP contribution in [0.25, 0.3) is 0 Å². The molecule has 0 bridgehead atoms. The lowest BCUT2D eigenvalue weighted by Gasteiger charge is -2.40. The van der Waals surface area contributed by atoms with Crippen LogP contribution in [0.5, 0.6) is 0 Å². The molecule has 0 aromatic carbocycles. The molecule has 0 saturated heterocycles. The first-order valence-corrected chi connectivity index (χ1v) is 3.90. The van der Waals surface area contributed by atoms with E-state index >= 15 is 0 Å². The predicted octanol–water partition coefficient (Wildman–Crippen LogP) is 2.38. The molecule has 0 unspecified atom stereocenters. The third-order valence-corrected chi connectivity index (χ3v) is 1.95. The van der Waals surface area contributed by atoms with Crippen molar-refractivity contribution in [1.29, 1.82) is 0 Å². The van der Waals surface area contributed by atoms with Crippen LogP contribution in [0.2, 0.25) is 0 Å². The molecule has 11 heavy (non-hydrogen) atoms. The van der Waals surface area contributed by atoms with E-state index in [0.717, 1.165) is 0 Å². The summed E-state index contributed by atoms with van der Waals surface area (Å²) in [5.74, 6) is 0. The quantitative estimate of drug-likeness (QED) is 0.635. The summed E-state index contributed by atoms with van der Waals surface area (Å²) in [6.45, 7) is 10.1. The monoisotopic (exact) mass is 149 g/mol. The molecule has 0 aliphatic carbocycles. The minimum Gasteiger partial charge on any atom is -0.376 e. The summed E-state index contributed by atoms with van der Waals surface area (Å²) in [4.78, 5) is 0. The second-order valence-electron chi connectivity index (χ2n) is 3.28. The molecule has 0 radical (unpaired) electrons. The Kier molecular flexibility index (Phi) is 1.90. The van der Waals surface area contributed by atoms with Crippen LogP contribution < -0.4 is 5.32 Å². The number of nitrogens with one attached hydrogen (secondary N) is 1. The third-order valence-electron chi connectivity index (χ3n) is 1.95. The van der Waals surface area contributed by atoms with E-state index in [-0.39, 0.29) is 5.54 Å². The SMILES string of the molecule is C=CC1=C(/C=C\C)NC1(C)C. The summed E-state index contributed by atoms with van der Waals surface area (Å²) < 4.78 is 0. The number of hydrogen-bond donors (Lipinski definition) is 1. The van der Waals surface area contributed by atoms with Crippen LogP contribution in [0.3, 0.4) is 0 Å². The van der Waals surface area contributed by atoms with Gasteiger partial charge in [0.1, 0.15) is 0 Å². The number of allylic oxidation sites excluding steroid dienone is 2. The molecule has 1 aliphatic heterocycles. The lowest BCUT2D eigenvalue weighted by molar-refractivity contribution is 0.450. The zero-order chi connectivity index (χ0) is 8.48. The van der Waals surface area contributed by atoms with Crippen LogP contribution >= 0.6 is 0 Å². The van der Waals surface area contributed by atoms with Gasteiger partial charge in [0, 0.05) is 5.70 Å². The molecule has 0 amide bonds. The van der Waals surface area contributed by atoms with Crippen molar-refractivity contribution in [2.75, 3.05) is 0 Å². The second-order valence-corrected chi connectivity index (χ2v) is 3.28. The van der Waals surface area contributed by atoms with E-state index in [2.05, 4.69) is 31.8 Å². The van der Waals surface area contributed by atoms with Crippen LogP contribution in [0.4, 0.5) is 0 Å². The number of hydrogen-bond acceptors (Lipinski definition) is 1. The van der Waals surface area contributed by atoms with E-state index in [0.29, 0.717) is 0 Å². The minimum absolute atomic E-state index is 0.122. The molecule has 60 valence electrons. The van der Waals surface area contributed by atoms with Crippen LogP contribution in [-0.2, 0) is 0 Å². The molecule has 0 saturated carbocycles. The van der Waals surface area contributed by atoms with Crippen molar-refractivity contribution in [1.82, 2.24) is 5.32 Å². The molecular weight excluding hydrogens is 134 g/mol. The van der Waals surface area contributed by atoms with Gasteiger partial charge in [0.2, 0.25) is 0 Å². The van der Waals surface area contributed by atoms with Crippen molar-refractivity contribution in [2.24, 2.45) is 0 Å². The van der Waals surface area contributed by atoms with Gasteiger partial charge >= 0.3 is 0 Å². The van der Waals surface area contributed by atoms with E-state index in [1.54, 1.807) is 0 Å². The molecule has 1 aliphatic rings. The van der Waals surface area contributed by atoms with Gasteiger partial charge in [0.25, 0.3) is 0 Å². The topological polar surface area (TPSA) is 12.0 Å². The Bertz CT molecular complexity index is 231. The third kappa shape index (κ3) is 1.23. The Labute approximate surface area is 68.5 Å². The minimum atomic E-state index is 0.122. The molecule has 0 spiro atoms. The van der Waals surface area contributed by atoms with E-state index in [9.17, 15) is 0 Å². The van der Waals surface area contributed by atoms with E-state index in [1.165, 1.54) is 11.3 Å². The van der Waals surface area contributed by atoms with Gasteiger partial charge in [-0.25, -0.2) is 0 Å². The zero-order valence-corrected chi connectivity index (χ0v) is 7.44. The predicted molar refractivity (Wildman–Crippen MR) is 49.3 cm³/mol. The summed E-state index contributed by atoms with van der Waals surface area (Å²) in [6.07, 6.45) is 6.02. The highest BCUT2D eigenvalue weighted by molar-refractivity contribution is 5.47. The zero-order valence-electron chi connectivity index (χ0n) is 7.44. The first-order valence-electron chi connectivity index (χ1n) is 3.90. The smallest absolute Gasteiger partial charge is 0.0589 e. The average molecular weight is 149 g/mol. The Balaban J connectivity index is 2.91. The average Bonchev–Trinajstić information content (AvgIpc) is 1.87. The van der Waals surface area contributed by atoms with Crippen molar-refractivity contribution in [2.45, 2.75) is 26.3 Å². The normalized spacial score (nSPS) is 21.4. The molecule has 1 heteroatoms. The van der Waals surface area contributed by atoms with Crippen LogP contribution in [0.15, 0.2) is 36.1 Å². The maximum absolute atomic E-state index is 3.78. The fourth-order valence-electron chi connectivity index (χ4n) is 1.41. The van der Waals surface area contributed by atoms with Crippen molar-refractivity contribution >= 4 is 0 Å². The molecule has 0 fully saturated rings. The molecule has 0 aromatic rings. The van der Waals surface area contributed by atoms with Gasteiger partial charge < -0.3 is 5.32 Å². The summed E-state index contributed by atoms with van der Waals surface area (Å²) in [6, 6.07) is 0.